The van der Waals surface area contributed by atoms with E-state index >= 15 is 0 Å². The zero-order chi connectivity index (χ0) is 17.7. The first-order chi connectivity index (χ1) is 11.4. The van der Waals surface area contributed by atoms with Gasteiger partial charge >= 0.3 is 11.8 Å². The number of carbonyl (C=O) groups is 4. The fourth-order valence-electron chi connectivity index (χ4n) is 1.84. The van der Waals surface area contributed by atoms with Crippen molar-refractivity contribution in [3.63, 3.8) is 0 Å². The minimum Gasteiger partial charge on any atom is -0.346 e. The van der Waals surface area contributed by atoms with Crippen molar-refractivity contribution < 1.29 is 24.1 Å². The van der Waals surface area contributed by atoms with Crippen LogP contribution >= 0.6 is 11.8 Å². The summed E-state index contributed by atoms with van der Waals surface area (Å²) in [5.74, 6) is -2.27. The van der Waals surface area contributed by atoms with Gasteiger partial charge in [0.2, 0.25) is 5.91 Å². The van der Waals surface area contributed by atoms with Gasteiger partial charge in [0.15, 0.2) is 0 Å². The Kier molecular flexibility index (Phi) is 5.47. The molecule has 0 aliphatic carbocycles. The third-order valence-electron chi connectivity index (χ3n) is 2.98. The number of thioether (sulfide) groups is 1. The average molecular weight is 352 g/mol. The Morgan fingerprint density at radius 1 is 1.29 bits per heavy atom. The number of benzene rings is 1. The second-order valence-electron chi connectivity index (χ2n) is 4.62. The van der Waals surface area contributed by atoms with Crippen molar-refractivity contribution in [2.24, 2.45) is 0 Å². The number of nitrogens with zero attached hydrogens (tertiary/aromatic N) is 2. The maximum Gasteiger partial charge on any atom is 0.313 e. The van der Waals surface area contributed by atoms with Crippen LogP contribution in [-0.4, -0.2) is 51.6 Å². The summed E-state index contributed by atoms with van der Waals surface area (Å²) < 4.78 is 0. The quantitative estimate of drug-likeness (QED) is 0.443. The van der Waals surface area contributed by atoms with Gasteiger partial charge in [0.05, 0.1) is 10.7 Å². The summed E-state index contributed by atoms with van der Waals surface area (Å²) in [4.78, 5) is 57.1. The lowest BCUT2D eigenvalue weighted by Gasteiger charge is -2.13. The molecule has 126 valence electrons. The van der Waals surface area contributed by atoms with Crippen LogP contribution in [0.1, 0.15) is 0 Å². The monoisotopic (exact) mass is 352 g/mol. The van der Waals surface area contributed by atoms with E-state index < -0.39 is 22.0 Å². The smallest absolute Gasteiger partial charge is 0.313 e. The number of carbonyl (C=O) groups excluding carboxylic acids is 4. The van der Waals surface area contributed by atoms with Gasteiger partial charge in [-0.25, -0.2) is 0 Å². The van der Waals surface area contributed by atoms with E-state index in [1.807, 2.05) is 0 Å². The number of rotatable bonds is 5. The van der Waals surface area contributed by atoms with E-state index in [1.165, 1.54) is 18.2 Å². The summed E-state index contributed by atoms with van der Waals surface area (Å²) in [6, 6.07) is 5.13. The Labute approximate surface area is 139 Å². The Bertz CT molecular complexity index is 706. The van der Waals surface area contributed by atoms with Crippen LogP contribution in [0.2, 0.25) is 0 Å². The van der Waals surface area contributed by atoms with Gasteiger partial charge in [-0.1, -0.05) is 17.8 Å². The molecule has 10 nitrogen and oxygen atoms in total. The fraction of sp³-hybridized carbons (Fsp3) is 0.231. The van der Waals surface area contributed by atoms with Crippen molar-refractivity contribution in [2.45, 2.75) is 0 Å². The second kappa shape index (κ2) is 7.55. The molecule has 1 heterocycles. The van der Waals surface area contributed by atoms with Gasteiger partial charge in [-0.05, 0) is 6.07 Å². The Morgan fingerprint density at radius 2 is 2.04 bits per heavy atom. The van der Waals surface area contributed by atoms with E-state index in [-0.39, 0.29) is 36.1 Å². The summed E-state index contributed by atoms with van der Waals surface area (Å²) in [7, 11) is 0. The Hall–Kier alpha value is -2.95. The Morgan fingerprint density at radius 3 is 2.67 bits per heavy atom. The number of imide groups is 1. The molecule has 0 bridgehead atoms. The van der Waals surface area contributed by atoms with E-state index in [0.29, 0.717) is 0 Å². The number of hydrogen-bond donors (Lipinski definition) is 2. The van der Waals surface area contributed by atoms with Crippen LogP contribution in [0.5, 0.6) is 0 Å². The zero-order valence-corrected chi connectivity index (χ0v) is 13.0. The summed E-state index contributed by atoms with van der Waals surface area (Å²) in [6.45, 7) is -0.0975. The van der Waals surface area contributed by atoms with E-state index in [0.717, 1.165) is 22.7 Å². The molecule has 0 spiro atoms. The standard InChI is InChI=1S/C13H12N4O6S/c18-10-7-24-13(21)16(10)5-4-14-11(19)12(20)15-8-2-1-3-9(6-8)17(22)23/h1-3,6H,4-5,7H2,(H,14,19)(H,15,20). The van der Waals surface area contributed by atoms with Crippen LogP contribution in [0.15, 0.2) is 24.3 Å². The Balaban J connectivity index is 1.83. The largest absolute Gasteiger partial charge is 0.346 e. The summed E-state index contributed by atoms with van der Waals surface area (Å²) in [6.07, 6.45) is 0. The fourth-order valence-corrected chi connectivity index (χ4v) is 2.60. The summed E-state index contributed by atoms with van der Waals surface area (Å²) in [5.41, 5.74) is -0.123. The number of nitrogens with one attached hydrogen (secondary N) is 2. The highest BCUT2D eigenvalue weighted by Crippen LogP contribution is 2.18. The highest BCUT2D eigenvalue weighted by molar-refractivity contribution is 8.14. The molecular weight excluding hydrogens is 340 g/mol. The molecule has 0 radical (unpaired) electrons. The molecule has 2 rings (SSSR count). The first-order valence-corrected chi connectivity index (χ1v) is 7.68. The number of amides is 4. The first kappa shape index (κ1) is 17.4. The number of non-ortho nitro benzene ring substituents is 1. The van der Waals surface area contributed by atoms with Crippen LogP contribution < -0.4 is 10.6 Å². The predicted octanol–water partition coefficient (Wildman–Crippen LogP) is 0.345. The minimum absolute atomic E-state index is 0.0273. The normalized spacial score (nSPS) is 13.8. The van der Waals surface area contributed by atoms with Gasteiger partial charge in [0, 0.05) is 30.9 Å². The highest BCUT2D eigenvalue weighted by atomic mass is 32.2. The third-order valence-corrected chi connectivity index (χ3v) is 3.84. The maximum absolute atomic E-state index is 11.7. The van der Waals surface area contributed by atoms with Crippen LogP contribution in [0, 0.1) is 10.1 Å². The molecule has 24 heavy (non-hydrogen) atoms. The van der Waals surface area contributed by atoms with Gasteiger partial charge < -0.3 is 10.6 Å². The maximum atomic E-state index is 11.7. The molecule has 11 heteroatoms. The third kappa shape index (κ3) is 4.29. The number of anilines is 1. The van der Waals surface area contributed by atoms with Crippen LogP contribution in [0.25, 0.3) is 0 Å². The molecule has 0 unspecified atom stereocenters. The number of nitro benzene ring substituents is 1. The molecule has 1 saturated heterocycles. The molecule has 0 atom stereocenters. The molecule has 1 aliphatic heterocycles. The molecule has 0 aromatic heterocycles. The van der Waals surface area contributed by atoms with Crippen molar-refractivity contribution in [3.05, 3.63) is 34.4 Å². The molecule has 0 saturated carbocycles. The van der Waals surface area contributed by atoms with E-state index in [9.17, 15) is 29.3 Å². The van der Waals surface area contributed by atoms with E-state index in [1.54, 1.807) is 0 Å². The summed E-state index contributed by atoms with van der Waals surface area (Å²) >= 11 is 0.874. The number of hydrogen-bond acceptors (Lipinski definition) is 7. The van der Waals surface area contributed by atoms with Crippen LogP contribution in [-0.2, 0) is 14.4 Å². The number of nitro groups is 1. The van der Waals surface area contributed by atoms with Crippen molar-refractivity contribution >= 4 is 46.1 Å². The van der Waals surface area contributed by atoms with E-state index in [2.05, 4.69) is 10.6 Å². The second-order valence-corrected chi connectivity index (χ2v) is 5.54. The van der Waals surface area contributed by atoms with Gasteiger partial charge in [-0.3, -0.25) is 34.2 Å². The van der Waals surface area contributed by atoms with Crippen molar-refractivity contribution in [1.82, 2.24) is 10.2 Å². The molecule has 4 amide bonds. The molecule has 1 aliphatic rings. The average Bonchev–Trinajstić information content (AvgIpc) is 2.86. The van der Waals surface area contributed by atoms with Crippen LogP contribution in [0.3, 0.4) is 0 Å². The lowest BCUT2D eigenvalue weighted by molar-refractivity contribution is -0.384. The van der Waals surface area contributed by atoms with E-state index in [4.69, 9.17) is 0 Å². The molecule has 1 aromatic rings. The van der Waals surface area contributed by atoms with Gasteiger partial charge in [0.1, 0.15) is 0 Å². The topological polar surface area (TPSA) is 139 Å². The van der Waals surface area contributed by atoms with Crippen molar-refractivity contribution in [3.8, 4) is 0 Å². The van der Waals surface area contributed by atoms with Gasteiger partial charge in [0.25, 0.3) is 10.9 Å². The lowest BCUT2D eigenvalue weighted by atomic mass is 10.3. The highest BCUT2D eigenvalue weighted by Gasteiger charge is 2.29. The molecule has 2 N–H and O–H groups in total. The van der Waals surface area contributed by atoms with Crippen molar-refractivity contribution in [2.75, 3.05) is 24.2 Å². The van der Waals surface area contributed by atoms with Gasteiger partial charge in [-0.15, -0.1) is 0 Å². The zero-order valence-electron chi connectivity index (χ0n) is 12.2. The predicted molar refractivity (Wildman–Crippen MR) is 84.3 cm³/mol. The molecular formula is C13H12N4O6S. The van der Waals surface area contributed by atoms with Gasteiger partial charge in [-0.2, -0.15) is 0 Å². The van der Waals surface area contributed by atoms with Crippen LogP contribution in [0.4, 0.5) is 16.2 Å². The first-order valence-electron chi connectivity index (χ1n) is 6.69. The lowest BCUT2D eigenvalue weighted by Crippen LogP contribution is -2.41. The van der Waals surface area contributed by atoms with Crippen molar-refractivity contribution in [1.29, 1.82) is 0 Å². The SMILES string of the molecule is O=C(NCCN1C(=O)CSC1=O)C(=O)Nc1cccc([N+](=O)[O-])c1. The minimum atomic E-state index is -1.01. The molecule has 1 aromatic carbocycles. The summed E-state index contributed by atoms with van der Waals surface area (Å²) in [5, 5.41) is 14.7. The molecule has 1 fully saturated rings.